The number of aromatic nitrogens is 2. The second-order valence-electron chi connectivity index (χ2n) is 9.00. The maximum Gasteiger partial charge on any atom is 0.129 e. The molecule has 3 heterocycles. The molecular weight excluding hydrogens is 394 g/mol. The number of nitrogens with one attached hydrogen (secondary N) is 2. The van der Waals surface area contributed by atoms with Gasteiger partial charge in [0.25, 0.3) is 0 Å². The Kier molecular flexibility index (Phi) is 3.56. The molecule has 3 aromatic carbocycles. The van der Waals surface area contributed by atoms with Gasteiger partial charge in [0.2, 0.25) is 0 Å². The molecule has 2 aliphatic heterocycles. The smallest absolute Gasteiger partial charge is 0.129 e. The molecule has 7 rings (SSSR count). The zero-order valence-electron chi connectivity index (χ0n) is 16.5. The van der Waals surface area contributed by atoms with Crippen LogP contribution in [-0.4, -0.2) is 16.0 Å². The van der Waals surface area contributed by atoms with Crippen LogP contribution in [0, 0.1) is 5.92 Å². The average Bonchev–Trinajstić information content (AvgIpc) is 3.46. The van der Waals surface area contributed by atoms with E-state index in [0.29, 0.717) is 23.7 Å². The second-order valence-corrected chi connectivity index (χ2v) is 9.43. The molecule has 1 aromatic heterocycles. The van der Waals surface area contributed by atoms with Crippen LogP contribution >= 0.6 is 11.6 Å². The normalized spacial score (nSPS) is 24.6. The van der Waals surface area contributed by atoms with Crippen LogP contribution in [0.4, 0.5) is 0 Å². The van der Waals surface area contributed by atoms with Gasteiger partial charge in [-0.3, -0.25) is 0 Å². The summed E-state index contributed by atoms with van der Waals surface area (Å²) >= 11 is 6.15. The molecular formula is C25H22ClN3O. The number of ether oxygens (including phenoxy) is 1. The van der Waals surface area contributed by atoms with E-state index in [-0.39, 0.29) is 0 Å². The molecule has 5 heteroatoms. The highest BCUT2D eigenvalue weighted by molar-refractivity contribution is 6.30. The quantitative estimate of drug-likeness (QED) is 0.393. The van der Waals surface area contributed by atoms with Crippen LogP contribution in [0.15, 0.2) is 42.5 Å². The summed E-state index contributed by atoms with van der Waals surface area (Å²) in [7, 11) is 0. The van der Waals surface area contributed by atoms with E-state index in [0.717, 1.165) is 34.1 Å². The van der Waals surface area contributed by atoms with E-state index < -0.39 is 0 Å². The Morgan fingerprint density at radius 1 is 1.03 bits per heavy atom. The molecule has 30 heavy (non-hydrogen) atoms. The third-order valence-electron chi connectivity index (χ3n) is 7.27. The fraction of sp³-hybridized carbons (Fsp3) is 0.320. The van der Waals surface area contributed by atoms with E-state index in [9.17, 15) is 0 Å². The third-order valence-corrected chi connectivity index (χ3v) is 7.51. The minimum atomic E-state index is 0.348. The zero-order chi connectivity index (χ0) is 19.8. The predicted octanol–water partition coefficient (Wildman–Crippen LogP) is 6.13. The van der Waals surface area contributed by atoms with E-state index in [1.807, 2.05) is 12.1 Å². The molecule has 2 fully saturated rings. The number of halogens is 1. The van der Waals surface area contributed by atoms with Gasteiger partial charge >= 0.3 is 0 Å². The van der Waals surface area contributed by atoms with Crippen molar-refractivity contribution in [3.8, 4) is 16.9 Å². The Balaban J connectivity index is 1.35. The number of fused-ring (bicyclic) bond motifs is 7. The monoisotopic (exact) mass is 415 g/mol. The van der Waals surface area contributed by atoms with Crippen molar-refractivity contribution >= 4 is 33.4 Å². The summed E-state index contributed by atoms with van der Waals surface area (Å²) in [6.45, 7) is 0.555. The summed E-state index contributed by atoms with van der Waals surface area (Å²) in [5.74, 6) is 2.76. The fourth-order valence-electron chi connectivity index (χ4n) is 5.80. The predicted molar refractivity (Wildman–Crippen MR) is 120 cm³/mol. The van der Waals surface area contributed by atoms with Gasteiger partial charge in [0.15, 0.2) is 0 Å². The van der Waals surface area contributed by atoms with E-state index in [2.05, 4.69) is 40.6 Å². The van der Waals surface area contributed by atoms with Gasteiger partial charge in [-0.1, -0.05) is 24.1 Å². The van der Waals surface area contributed by atoms with E-state index in [1.54, 1.807) is 0 Å². The molecule has 1 saturated carbocycles. The van der Waals surface area contributed by atoms with Crippen molar-refractivity contribution in [3.63, 3.8) is 0 Å². The highest BCUT2D eigenvalue weighted by atomic mass is 35.5. The van der Waals surface area contributed by atoms with Gasteiger partial charge in [0.1, 0.15) is 18.2 Å². The van der Waals surface area contributed by atoms with Gasteiger partial charge in [-0.15, -0.1) is 0 Å². The topological polar surface area (TPSA) is 49.9 Å². The maximum atomic E-state index is 6.15. The Hall–Kier alpha value is -2.56. The Morgan fingerprint density at radius 3 is 2.93 bits per heavy atom. The molecule has 0 amide bonds. The standard InChI is InChI=1S/C25H22ClN3O/c26-16-5-6-17-18-8-13-4-7-21-24(19(13)9-15(18)12-30-23(17)11-16)29-25(28-21)22-10-14-2-1-3-20(14)27-22/h4-9,11,14,20,22,27H,1-3,10,12H2,(H,28,29)/t14-,20-,22?/m0/s1. The summed E-state index contributed by atoms with van der Waals surface area (Å²) in [5, 5.41) is 6.92. The summed E-state index contributed by atoms with van der Waals surface area (Å²) in [4.78, 5) is 8.68. The second kappa shape index (κ2) is 6.22. The highest BCUT2D eigenvalue weighted by Crippen LogP contribution is 2.43. The van der Waals surface area contributed by atoms with Gasteiger partial charge in [-0.2, -0.15) is 0 Å². The molecule has 3 aliphatic rings. The lowest BCUT2D eigenvalue weighted by Crippen LogP contribution is -2.24. The van der Waals surface area contributed by atoms with Crippen molar-refractivity contribution in [3.05, 3.63) is 58.9 Å². The van der Waals surface area contributed by atoms with Crippen molar-refractivity contribution < 1.29 is 4.74 Å². The first-order valence-electron chi connectivity index (χ1n) is 10.9. The van der Waals surface area contributed by atoms with Crippen LogP contribution in [0.3, 0.4) is 0 Å². The Labute approximate surface area is 179 Å². The highest BCUT2D eigenvalue weighted by Gasteiger charge is 2.38. The van der Waals surface area contributed by atoms with Gasteiger partial charge in [0.05, 0.1) is 17.1 Å². The summed E-state index contributed by atoms with van der Waals surface area (Å²) in [5.41, 5.74) is 5.70. The number of imidazole rings is 1. The first kappa shape index (κ1) is 17.2. The molecule has 150 valence electrons. The number of hydrogen-bond donors (Lipinski definition) is 2. The van der Waals surface area contributed by atoms with Crippen LogP contribution in [0.5, 0.6) is 5.75 Å². The molecule has 3 atom stereocenters. The van der Waals surface area contributed by atoms with Gasteiger partial charge in [0, 0.05) is 22.0 Å². The summed E-state index contributed by atoms with van der Waals surface area (Å²) in [6.07, 6.45) is 5.23. The third kappa shape index (κ3) is 2.47. The molecule has 4 aromatic rings. The maximum absolute atomic E-state index is 6.15. The lowest BCUT2D eigenvalue weighted by Gasteiger charge is -2.21. The number of benzene rings is 3. The number of H-pyrrole nitrogens is 1. The largest absolute Gasteiger partial charge is 0.488 e. The van der Waals surface area contributed by atoms with Gasteiger partial charge in [-0.25, -0.2) is 4.98 Å². The van der Waals surface area contributed by atoms with Crippen molar-refractivity contribution in [1.29, 1.82) is 0 Å². The Bertz CT molecular complexity index is 1320. The SMILES string of the molecule is Clc1ccc2c(c1)OCc1cc3c(ccc4[nH]c(C5C[C@@H]6CCC[C@@H]6N5)nc43)cc1-2. The van der Waals surface area contributed by atoms with Crippen molar-refractivity contribution in [2.75, 3.05) is 0 Å². The first-order valence-corrected chi connectivity index (χ1v) is 11.2. The van der Waals surface area contributed by atoms with Crippen LogP contribution < -0.4 is 10.1 Å². The van der Waals surface area contributed by atoms with Crippen molar-refractivity contribution in [2.45, 2.75) is 44.4 Å². The number of aromatic amines is 1. The number of hydrogen-bond acceptors (Lipinski definition) is 3. The molecule has 0 bridgehead atoms. The summed E-state index contributed by atoms with van der Waals surface area (Å²) < 4.78 is 6.00. The van der Waals surface area contributed by atoms with Gasteiger partial charge in [-0.05, 0) is 78.1 Å². The summed E-state index contributed by atoms with van der Waals surface area (Å²) in [6, 6.07) is 15.8. The van der Waals surface area contributed by atoms with Crippen LogP contribution in [0.25, 0.3) is 32.9 Å². The van der Waals surface area contributed by atoms with E-state index in [1.165, 1.54) is 47.6 Å². The number of rotatable bonds is 1. The van der Waals surface area contributed by atoms with E-state index >= 15 is 0 Å². The molecule has 0 spiro atoms. The number of nitrogens with zero attached hydrogens (tertiary/aromatic N) is 1. The lowest BCUT2D eigenvalue weighted by molar-refractivity contribution is 0.302. The Morgan fingerprint density at radius 2 is 2.00 bits per heavy atom. The van der Waals surface area contributed by atoms with Crippen LogP contribution in [0.2, 0.25) is 5.02 Å². The first-order chi connectivity index (χ1) is 14.7. The molecule has 0 radical (unpaired) electrons. The molecule has 1 unspecified atom stereocenters. The van der Waals surface area contributed by atoms with Crippen molar-refractivity contribution in [1.82, 2.24) is 15.3 Å². The average molecular weight is 416 g/mol. The van der Waals surface area contributed by atoms with Crippen LogP contribution in [-0.2, 0) is 6.61 Å². The van der Waals surface area contributed by atoms with E-state index in [4.69, 9.17) is 21.3 Å². The fourth-order valence-corrected chi connectivity index (χ4v) is 5.96. The molecule has 4 nitrogen and oxygen atoms in total. The zero-order valence-corrected chi connectivity index (χ0v) is 17.3. The molecule has 2 N–H and O–H groups in total. The van der Waals surface area contributed by atoms with Crippen LogP contribution in [0.1, 0.15) is 43.1 Å². The molecule has 1 saturated heterocycles. The van der Waals surface area contributed by atoms with Crippen molar-refractivity contribution in [2.24, 2.45) is 5.92 Å². The lowest BCUT2D eigenvalue weighted by atomic mass is 9.93. The minimum Gasteiger partial charge on any atom is -0.488 e. The van der Waals surface area contributed by atoms with Gasteiger partial charge < -0.3 is 15.0 Å². The molecule has 1 aliphatic carbocycles. The minimum absolute atomic E-state index is 0.348.